The molecular formula is C23H21NO3S. The van der Waals surface area contributed by atoms with Gasteiger partial charge in [0.1, 0.15) is 12.4 Å². The van der Waals surface area contributed by atoms with Crippen LogP contribution in [0.3, 0.4) is 0 Å². The highest BCUT2D eigenvalue weighted by Crippen LogP contribution is 2.42. The number of anilines is 1. The standard InChI is InChI=1S/C23H21NO3S/c25-23(24-18-5-3-4-16(10-18)13-26-12-15-8-9-15)21-11-17-14-27-20-7-2-1-6-19(20)22(17)28-21/h1-7,10-11,15H,8-9,12-14H2,(H,24,25). The molecule has 0 spiro atoms. The Morgan fingerprint density at radius 1 is 1.14 bits per heavy atom. The molecular weight excluding hydrogens is 370 g/mol. The Bertz CT molecular complexity index is 1020. The SMILES string of the molecule is O=C(Nc1cccc(COCC2CC2)c1)c1cc2c(s1)-c1ccccc1OC2. The highest BCUT2D eigenvalue weighted by Gasteiger charge is 2.23. The van der Waals surface area contributed by atoms with Gasteiger partial charge in [-0.2, -0.15) is 0 Å². The van der Waals surface area contributed by atoms with E-state index in [0.717, 1.165) is 45.5 Å². The Morgan fingerprint density at radius 3 is 2.93 bits per heavy atom. The lowest BCUT2D eigenvalue weighted by molar-refractivity contribution is 0.103. The zero-order valence-electron chi connectivity index (χ0n) is 15.4. The summed E-state index contributed by atoms with van der Waals surface area (Å²) in [6, 6.07) is 17.8. The van der Waals surface area contributed by atoms with Crippen molar-refractivity contribution in [1.29, 1.82) is 0 Å². The number of thiophene rings is 1. The fraction of sp³-hybridized carbons (Fsp3) is 0.261. The summed E-state index contributed by atoms with van der Waals surface area (Å²) < 4.78 is 11.5. The Labute approximate surface area is 168 Å². The van der Waals surface area contributed by atoms with Gasteiger partial charge in [0.05, 0.1) is 11.5 Å². The highest BCUT2D eigenvalue weighted by atomic mass is 32.1. The molecule has 0 saturated heterocycles. The molecule has 0 atom stereocenters. The van der Waals surface area contributed by atoms with E-state index in [1.807, 2.05) is 54.6 Å². The number of rotatable bonds is 6. The summed E-state index contributed by atoms with van der Waals surface area (Å²) in [5.74, 6) is 1.54. The molecule has 3 aromatic rings. The molecule has 1 aromatic heterocycles. The maximum atomic E-state index is 12.8. The molecule has 5 heteroatoms. The first-order valence-corrected chi connectivity index (χ1v) is 10.4. The van der Waals surface area contributed by atoms with Crippen molar-refractivity contribution in [2.24, 2.45) is 5.92 Å². The van der Waals surface area contributed by atoms with Crippen LogP contribution in [0.1, 0.15) is 33.6 Å². The number of nitrogens with one attached hydrogen (secondary N) is 1. The number of ether oxygens (including phenoxy) is 2. The summed E-state index contributed by atoms with van der Waals surface area (Å²) >= 11 is 1.52. The van der Waals surface area contributed by atoms with Gasteiger partial charge in [-0.15, -0.1) is 11.3 Å². The number of hydrogen-bond donors (Lipinski definition) is 1. The fourth-order valence-corrected chi connectivity index (χ4v) is 4.46. The molecule has 0 radical (unpaired) electrons. The maximum Gasteiger partial charge on any atom is 0.265 e. The molecule has 1 saturated carbocycles. The topological polar surface area (TPSA) is 47.6 Å². The fourth-order valence-electron chi connectivity index (χ4n) is 3.37. The predicted molar refractivity (Wildman–Crippen MR) is 111 cm³/mol. The largest absolute Gasteiger partial charge is 0.488 e. The maximum absolute atomic E-state index is 12.8. The van der Waals surface area contributed by atoms with Gasteiger partial charge in [0, 0.05) is 28.3 Å². The van der Waals surface area contributed by atoms with E-state index in [9.17, 15) is 4.79 Å². The smallest absolute Gasteiger partial charge is 0.265 e. The summed E-state index contributed by atoms with van der Waals surface area (Å²) in [4.78, 5) is 14.6. The van der Waals surface area contributed by atoms with E-state index in [0.29, 0.717) is 18.1 Å². The molecule has 28 heavy (non-hydrogen) atoms. The van der Waals surface area contributed by atoms with E-state index in [1.54, 1.807) is 0 Å². The minimum Gasteiger partial charge on any atom is -0.488 e. The van der Waals surface area contributed by atoms with Crippen molar-refractivity contribution in [3.63, 3.8) is 0 Å². The molecule has 1 N–H and O–H groups in total. The van der Waals surface area contributed by atoms with E-state index in [2.05, 4.69) is 5.32 Å². The van der Waals surface area contributed by atoms with Gasteiger partial charge in [-0.05, 0) is 54.7 Å². The molecule has 1 aliphatic heterocycles. The van der Waals surface area contributed by atoms with Crippen molar-refractivity contribution >= 4 is 22.9 Å². The Balaban J connectivity index is 1.29. The van der Waals surface area contributed by atoms with Gasteiger partial charge in [-0.25, -0.2) is 0 Å². The van der Waals surface area contributed by atoms with Crippen molar-refractivity contribution < 1.29 is 14.3 Å². The van der Waals surface area contributed by atoms with Crippen molar-refractivity contribution in [2.75, 3.05) is 11.9 Å². The lowest BCUT2D eigenvalue weighted by Crippen LogP contribution is -2.10. The molecule has 2 aromatic carbocycles. The molecule has 2 heterocycles. The lowest BCUT2D eigenvalue weighted by atomic mass is 10.1. The molecule has 0 bridgehead atoms. The van der Waals surface area contributed by atoms with Crippen molar-refractivity contribution in [2.45, 2.75) is 26.1 Å². The number of benzene rings is 2. The van der Waals surface area contributed by atoms with E-state index in [-0.39, 0.29) is 5.91 Å². The van der Waals surface area contributed by atoms with Gasteiger partial charge in [0.2, 0.25) is 0 Å². The minimum absolute atomic E-state index is 0.0899. The van der Waals surface area contributed by atoms with E-state index >= 15 is 0 Å². The van der Waals surface area contributed by atoms with Crippen LogP contribution < -0.4 is 10.1 Å². The first-order valence-electron chi connectivity index (χ1n) is 9.59. The quantitative estimate of drug-likeness (QED) is 0.605. The Kier molecular flexibility index (Phi) is 4.63. The first kappa shape index (κ1) is 17.5. The van der Waals surface area contributed by atoms with Gasteiger partial charge >= 0.3 is 0 Å². The molecule has 0 unspecified atom stereocenters. The summed E-state index contributed by atoms with van der Waals surface area (Å²) in [6.45, 7) is 1.92. The predicted octanol–water partition coefficient (Wildman–Crippen LogP) is 5.49. The van der Waals surface area contributed by atoms with Crippen LogP contribution in [-0.4, -0.2) is 12.5 Å². The zero-order valence-corrected chi connectivity index (χ0v) is 16.3. The van der Waals surface area contributed by atoms with Gasteiger partial charge in [0.15, 0.2) is 0 Å². The van der Waals surface area contributed by atoms with Gasteiger partial charge in [0.25, 0.3) is 5.91 Å². The monoisotopic (exact) mass is 391 g/mol. The Hall–Kier alpha value is -2.63. The van der Waals surface area contributed by atoms with Crippen LogP contribution in [0.5, 0.6) is 5.75 Å². The second-order valence-electron chi connectivity index (χ2n) is 7.36. The number of carbonyl (C=O) groups excluding carboxylic acids is 1. The van der Waals surface area contributed by atoms with Crippen LogP contribution in [0.2, 0.25) is 0 Å². The normalized spacial score (nSPS) is 14.7. The molecule has 2 aliphatic rings. The third kappa shape index (κ3) is 3.68. The molecule has 1 aliphatic carbocycles. The summed E-state index contributed by atoms with van der Waals surface area (Å²) in [6.07, 6.45) is 2.58. The van der Waals surface area contributed by atoms with Crippen molar-refractivity contribution in [3.05, 3.63) is 70.6 Å². The average molecular weight is 391 g/mol. The zero-order chi connectivity index (χ0) is 18.9. The molecule has 5 rings (SSSR count). The van der Waals surface area contributed by atoms with Crippen LogP contribution in [0.4, 0.5) is 5.69 Å². The molecule has 1 fully saturated rings. The lowest BCUT2D eigenvalue weighted by Gasteiger charge is -2.16. The molecule has 4 nitrogen and oxygen atoms in total. The molecule has 142 valence electrons. The van der Waals surface area contributed by atoms with Gasteiger partial charge < -0.3 is 14.8 Å². The van der Waals surface area contributed by atoms with Gasteiger partial charge in [-0.3, -0.25) is 4.79 Å². The summed E-state index contributed by atoms with van der Waals surface area (Å²) in [5.41, 5.74) is 3.99. The number of hydrogen-bond acceptors (Lipinski definition) is 4. The third-order valence-electron chi connectivity index (χ3n) is 5.05. The van der Waals surface area contributed by atoms with Crippen molar-refractivity contribution in [1.82, 2.24) is 0 Å². The number of para-hydroxylation sites is 1. The number of amides is 1. The third-order valence-corrected chi connectivity index (χ3v) is 6.26. The van der Waals surface area contributed by atoms with Crippen molar-refractivity contribution in [3.8, 4) is 16.2 Å². The Morgan fingerprint density at radius 2 is 2.04 bits per heavy atom. The van der Waals surface area contributed by atoms with Crippen LogP contribution in [-0.2, 0) is 18.0 Å². The average Bonchev–Trinajstić information content (AvgIpc) is 3.43. The molecule has 1 amide bonds. The van der Waals surface area contributed by atoms with E-state index in [1.165, 1.54) is 24.2 Å². The minimum atomic E-state index is -0.0899. The second kappa shape index (κ2) is 7.41. The number of fused-ring (bicyclic) bond motifs is 3. The summed E-state index contributed by atoms with van der Waals surface area (Å²) in [5, 5.41) is 3.02. The van der Waals surface area contributed by atoms with Gasteiger partial charge in [-0.1, -0.05) is 24.3 Å². The van der Waals surface area contributed by atoms with Crippen LogP contribution in [0, 0.1) is 5.92 Å². The van der Waals surface area contributed by atoms with Crippen LogP contribution >= 0.6 is 11.3 Å². The second-order valence-corrected chi connectivity index (χ2v) is 8.42. The van der Waals surface area contributed by atoms with E-state index < -0.39 is 0 Å². The van der Waals surface area contributed by atoms with Crippen LogP contribution in [0.25, 0.3) is 10.4 Å². The summed E-state index contributed by atoms with van der Waals surface area (Å²) in [7, 11) is 0. The number of carbonyl (C=O) groups is 1. The van der Waals surface area contributed by atoms with E-state index in [4.69, 9.17) is 9.47 Å². The highest BCUT2D eigenvalue weighted by molar-refractivity contribution is 7.17. The first-order chi connectivity index (χ1) is 13.8. The van der Waals surface area contributed by atoms with Crippen LogP contribution in [0.15, 0.2) is 54.6 Å².